The van der Waals surface area contributed by atoms with Gasteiger partial charge in [-0.05, 0) is 54.3 Å². The molecule has 0 bridgehead atoms. The molecule has 0 N–H and O–H groups in total. The Morgan fingerprint density at radius 3 is 2.71 bits per heavy atom. The van der Waals surface area contributed by atoms with Crippen molar-refractivity contribution >= 4 is 45.2 Å². The molecule has 3 nitrogen and oxygen atoms in total. The molecule has 3 aromatic rings. The normalized spacial score (nSPS) is 11.3. The Morgan fingerprint density at radius 2 is 2.00 bits per heavy atom. The van der Waals surface area contributed by atoms with Crippen molar-refractivity contribution in [2.45, 2.75) is 4.34 Å². The molecule has 0 unspecified atom stereocenters. The van der Waals surface area contributed by atoms with E-state index in [4.69, 9.17) is 4.74 Å². The molecule has 1 aromatic heterocycles. The van der Waals surface area contributed by atoms with Crippen LogP contribution in [0, 0.1) is 0 Å². The first-order chi connectivity index (χ1) is 10.3. The number of thioether (sulfide) groups is 1. The number of nitrogens with zero attached hydrogens (tertiary/aromatic N) is 2. The summed E-state index contributed by atoms with van der Waals surface area (Å²) in [7, 11) is 1.66. The number of aliphatic imine (C=N–C) groups is 1. The van der Waals surface area contributed by atoms with E-state index in [0.717, 1.165) is 26.9 Å². The first-order valence-electron chi connectivity index (χ1n) is 6.41. The van der Waals surface area contributed by atoms with Gasteiger partial charge in [-0.2, -0.15) is 0 Å². The number of ether oxygens (including phenoxy) is 1. The van der Waals surface area contributed by atoms with E-state index < -0.39 is 0 Å². The van der Waals surface area contributed by atoms with E-state index in [-0.39, 0.29) is 0 Å². The summed E-state index contributed by atoms with van der Waals surface area (Å²) in [4.78, 5) is 9.05. The molecule has 0 amide bonds. The van der Waals surface area contributed by atoms with E-state index in [9.17, 15) is 0 Å². The molecule has 21 heavy (non-hydrogen) atoms. The highest BCUT2D eigenvalue weighted by molar-refractivity contribution is 8.00. The fraction of sp³-hybridized carbons (Fsp3) is 0.125. The molecule has 0 atom stereocenters. The predicted octanol–water partition coefficient (Wildman–Crippen LogP) is 4.78. The van der Waals surface area contributed by atoms with Crippen LogP contribution in [-0.4, -0.2) is 24.6 Å². The fourth-order valence-electron chi connectivity index (χ4n) is 1.90. The number of rotatable bonds is 4. The Morgan fingerprint density at radius 1 is 1.19 bits per heavy atom. The molecule has 3 rings (SSSR count). The summed E-state index contributed by atoms with van der Waals surface area (Å²) < 4.78 is 7.40. The summed E-state index contributed by atoms with van der Waals surface area (Å²) >= 11 is 3.37. The standard InChI is InChI=1S/C16H14N2OS2/c1-19-13-6-3-11(4-7-13)10-17-12-5-8-14-15(9-12)21-16(18-14)20-2/h3-10H,1-2H3. The van der Waals surface area contributed by atoms with Gasteiger partial charge in [0.15, 0.2) is 4.34 Å². The van der Waals surface area contributed by atoms with E-state index in [1.165, 1.54) is 4.70 Å². The maximum atomic E-state index is 5.14. The van der Waals surface area contributed by atoms with Crippen molar-refractivity contribution in [3.05, 3.63) is 48.0 Å². The van der Waals surface area contributed by atoms with Crippen molar-refractivity contribution in [3.8, 4) is 5.75 Å². The van der Waals surface area contributed by atoms with Crippen LogP contribution in [0.1, 0.15) is 5.56 Å². The lowest BCUT2D eigenvalue weighted by Crippen LogP contribution is -1.84. The molecular weight excluding hydrogens is 300 g/mol. The lowest BCUT2D eigenvalue weighted by atomic mass is 10.2. The fourth-order valence-corrected chi connectivity index (χ4v) is 3.42. The van der Waals surface area contributed by atoms with Crippen molar-refractivity contribution in [3.63, 3.8) is 0 Å². The topological polar surface area (TPSA) is 34.5 Å². The van der Waals surface area contributed by atoms with Crippen LogP contribution >= 0.6 is 23.1 Å². The summed E-state index contributed by atoms with van der Waals surface area (Å²) in [6.07, 6.45) is 3.90. The van der Waals surface area contributed by atoms with Crippen LogP contribution in [0.25, 0.3) is 10.2 Å². The zero-order valence-corrected chi connectivity index (χ0v) is 13.4. The van der Waals surface area contributed by atoms with Gasteiger partial charge in [-0.25, -0.2) is 4.98 Å². The van der Waals surface area contributed by atoms with Crippen LogP contribution in [0.5, 0.6) is 5.75 Å². The van der Waals surface area contributed by atoms with E-state index in [1.807, 2.05) is 48.9 Å². The number of hydrogen-bond donors (Lipinski definition) is 0. The Kier molecular flexibility index (Phi) is 4.22. The Hall–Kier alpha value is -1.85. The lowest BCUT2D eigenvalue weighted by Gasteiger charge is -1.99. The zero-order valence-electron chi connectivity index (χ0n) is 11.7. The van der Waals surface area contributed by atoms with Crippen LogP contribution in [0.4, 0.5) is 5.69 Å². The van der Waals surface area contributed by atoms with Gasteiger partial charge in [0.05, 0.1) is 23.0 Å². The summed E-state index contributed by atoms with van der Waals surface area (Å²) in [5.74, 6) is 0.850. The van der Waals surface area contributed by atoms with Gasteiger partial charge in [0.25, 0.3) is 0 Å². The quantitative estimate of drug-likeness (QED) is 0.513. The average molecular weight is 314 g/mol. The molecule has 0 aliphatic heterocycles. The highest BCUT2D eigenvalue weighted by Gasteiger charge is 2.03. The van der Waals surface area contributed by atoms with Gasteiger partial charge in [-0.1, -0.05) is 11.8 Å². The first-order valence-corrected chi connectivity index (χ1v) is 8.45. The highest BCUT2D eigenvalue weighted by atomic mass is 32.2. The molecule has 0 aliphatic rings. The van der Waals surface area contributed by atoms with E-state index in [1.54, 1.807) is 30.2 Å². The average Bonchev–Trinajstić information content (AvgIpc) is 2.95. The third kappa shape index (κ3) is 3.25. The number of benzene rings is 2. The SMILES string of the molecule is COc1ccc(C=Nc2ccc3nc(SC)sc3c2)cc1. The maximum Gasteiger partial charge on any atom is 0.150 e. The van der Waals surface area contributed by atoms with Crippen molar-refractivity contribution in [2.24, 2.45) is 4.99 Å². The zero-order chi connectivity index (χ0) is 14.7. The van der Waals surface area contributed by atoms with Gasteiger partial charge in [0, 0.05) is 6.21 Å². The van der Waals surface area contributed by atoms with Crippen LogP contribution in [0.15, 0.2) is 51.8 Å². The van der Waals surface area contributed by atoms with Crippen LogP contribution < -0.4 is 4.74 Å². The number of thiazole rings is 1. The van der Waals surface area contributed by atoms with Gasteiger partial charge in [-0.3, -0.25) is 4.99 Å². The van der Waals surface area contributed by atoms with Gasteiger partial charge in [0.1, 0.15) is 5.75 Å². The molecule has 5 heteroatoms. The Bertz CT molecular complexity index is 779. The smallest absolute Gasteiger partial charge is 0.150 e. The Balaban J connectivity index is 1.84. The molecule has 0 spiro atoms. The highest BCUT2D eigenvalue weighted by Crippen LogP contribution is 2.30. The second kappa shape index (κ2) is 6.28. The second-order valence-corrected chi connectivity index (χ2v) is 6.45. The molecule has 106 valence electrons. The van der Waals surface area contributed by atoms with Crippen LogP contribution in [0.2, 0.25) is 0 Å². The number of aromatic nitrogens is 1. The molecule has 1 heterocycles. The molecule has 0 radical (unpaired) electrons. The second-order valence-electron chi connectivity index (χ2n) is 4.37. The summed E-state index contributed by atoms with van der Waals surface area (Å²) in [5, 5.41) is 0. The van der Waals surface area contributed by atoms with Gasteiger partial charge < -0.3 is 4.74 Å². The summed E-state index contributed by atoms with van der Waals surface area (Å²) in [5.41, 5.74) is 3.02. The molecule has 0 saturated heterocycles. The van der Waals surface area contributed by atoms with Crippen LogP contribution in [0.3, 0.4) is 0 Å². The monoisotopic (exact) mass is 314 g/mol. The van der Waals surface area contributed by atoms with Crippen molar-refractivity contribution in [2.75, 3.05) is 13.4 Å². The largest absolute Gasteiger partial charge is 0.497 e. The number of methoxy groups -OCH3 is 1. The molecule has 2 aromatic carbocycles. The van der Waals surface area contributed by atoms with E-state index >= 15 is 0 Å². The number of fused-ring (bicyclic) bond motifs is 1. The molecular formula is C16H14N2OS2. The number of hydrogen-bond acceptors (Lipinski definition) is 5. The minimum absolute atomic E-state index is 0.850. The van der Waals surface area contributed by atoms with Crippen molar-refractivity contribution in [1.82, 2.24) is 4.98 Å². The minimum atomic E-state index is 0.850. The first kappa shape index (κ1) is 14.1. The predicted molar refractivity (Wildman–Crippen MR) is 91.6 cm³/mol. The molecule has 0 aliphatic carbocycles. The molecule has 0 saturated carbocycles. The van der Waals surface area contributed by atoms with Crippen molar-refractivity contribution in [1.29, 1.82) is 0 Å². The van der Waals surface area contributed by atoms with Gasteiger partial charge >= 0.3 is 0 Å². The lowest BCUT2D eigenvalue weighted by molar-refractivity contribution is 0.415. The third-order valence-corrected chi connectivity index (χ3v) is 5.01. The van der Waals surface area contributed by atoms with E-state index in [2.05, 4.69) is 16.0 Å². The summed E-state index contributed by atoms with van der Waals surface area (Å²) in [6, 6.07) is 13.9. The van der Waals surface area contributed by atoms with Gasteiger partial charge in [-0.15, -0.1) is 11.3 Å². The van der Waals surface area contributed by atoms with Gasteiger partial charge in [0.2, 0.25) is 0 Å². The van der Waals surface area contributed by atoms with Crippen LogP contribution in [-0.2, 0) is 0 Å². The molecule has 0 fully saturated rings. The van der Waals surface area contributed by atoms with E-state index in [0.29, 0.717) is 0 Å². The Labute approximate surface area is 131 Å². The third-order valence-electron chi connectivity index (χ3n) is 3.01. The summed E-state index contributed by atoms with van der Waals surface area (Å²) in [6.45, 7) is 0. The maximum absolute atomic E-state index is 5.14. The van der Waals surface area contributed by atoms with Crippen molar-refractivity contribution < 1.29 is 4.74 Å². The minimum Gasteiger partial charge on any atom is -0.497 e.